The third-order valence-electron chi connectivity index (χ3n) is 3.17. The third kappa shape index (κ3) is 2.55. The van der Waals surface area contributed by atoms with Crippen LogP contribution in [0.2, 0.25) is 0 Å². The van der Waals surface area contributed by atoms with Crippen molar-refractivity contribution in [3.05, 3.63) is 23.9 Å². The van der Waals surface area contributed by atoms with Crippen molar-refractivity contribution in [3.8, 4) is 0 Å². The predicted octanol–water partition coefficient (Wildman–Crippen LogP) is 0.440. The summed E-state index contributed by atoms with van der Waals surface area (Å²) in [6.45, 7) is 1.56. The number of likely N-dealkylation sites (tertiary alicyclic amines) is 1. The fourth-order valence-corrected chi connectivity index (χ4v) is 2.08. The number of aromatic nitrogens is 1. The molecule has 1 saturated heterocycles. The molecular formula is C12H18N4O. The highest BCUT2D eigenvalue weighted by Crippen LogP contribution is 2.15. The zero-order valence-electron chi connectivity index (χ0n) is 10.3. The van der Waals surface area contributed by atoms with E-state index in [1.807, 2.05) is 19.0 Å². The Bertz CT molecular complexity index is 419. The van der Waals surface area contributed by atoms with Gasteiger partial charge in [-0.15, -0.1) is 0 Å². The van der Waals surface area contributed by atoms with Crippen molar-refractivity contribution in [2.24, 2.45) is 0 Å². The van der Waals surface area contributed by atoms with Gasteiger partial charge in [0.1, 0.15) is 11.5 Å². The second-order valence-electron chi connectivity index (χ2n) is 4.60. The molecule has 1 atom stereocenters. The average molecular weight is 234 g/mol. The fraction of sp³-hybridized carbons (Fsp3) is 0.500. The molecule has 17 heavy (non-hydrogen) atoms. The second-order valence-corrected chi connectivity index (χ2v) is 4.60. The lowest BCUT2D eigenvalue weighted by molar-refractivity contribution is 0.0777. The molecule has 0 bridgehead atoms. The molecule has 0 saturated carbocycles. The molecule has 1 amide bonds. The second kappa shape index (κ2) is 4.71. The number of amides is 1. The van der Waals surface area contributed by atoms with E-state index in [-0.39, 0.29) is 5.91 Å². The Morgan fingerprint density at radius 2 is 2.29 bits per heavy atom. The molecule has 5 heteroatoms. The van der Waals surface area contributed by atoms with Gasteiger partial charge in [0.25, 0.3) is 5.91 Å². The van der Waals surface area contributed by atoms with Gasteiger partial charge in [0, 0.05) is 19.1 Å². The van der Waals surface area contributed by atoms with Gasteiger partial charge in [-0.3, -0.25) is 4.79 Å². The molecule has 2 N–H and O–H groups in total. The van der Waals surface area contributed by atoms with E-state index in [2.05, 4.69) is 9.88 Å². The van der Waals surface area contributed by atoms with Crippen LogP contribution < -0.4 is 5.73 Å². The van der Waals surface area contributed by atoms with Crippen LogP contribution in [0, 0.1) is 0 Å². The standard InChI is InChI=1S/C12H18N4O/c1-15(2)9-6-7-16(8-9)12(17)10-4-3-5-11(13)14-10/h3-5,9H,6-8H2,1-2H3,(H2,13,14). The molecule has 0 aromatic carbocycles. The molecule has 1 aromatic heterocycles. The first-order chi connectivity index (χ1) is 8.08. The Morgan fingerprint density at radius 1 is 1.53 bits per heavy atom. The monoisotopic (exact) mass is 234 g/mol. The lowest BCUT2D eigenvalue weighted by atomic mass is 10.2. The number of nitrogen functional groups attached to an aromatic ring is 1. The van der Waals surface area contributed by atoms with E-state index in [4.69, 9.17) is 5.73 Å². The molecule has 2 heterocycles. The van der Waals surface area contributed by atoms with E-state index < -0.39 is 0 Å². The van der Waals surface area contributed by atoms with E-state index >= 15 is 0 Å². The van der Waals surface area contributed by atoms with Crippen LogP contribution in [-0.2, 0) is 0 Å². The summed E-state index contributed by atoms with van der Waals surface area (Å²) < 4.78 is 0. The van der Waals surface area contributed by atoms with Crippen molar-refractivity contribution in [1.82, 2.24) is 14.8 Å². The van der Waals surface area contributed by atoms with Crippen molar-refractivity contribution in [1.29, 1.82) is 0 Å². The summed E-state index contributed by atoms with van der Waals surface area (Å²) in [5.41, 5.74) is 6.02. The molecule has 5 nitrogen and oxygen atoms in total. The normalized spacial score (nSPS) is 19.9. The number of hydrogen-bond donors (Lipinski definition) is 1. The van der Waals surface area contributed by atoms with E-state index in [0.717, 1.165) is 19.5 Å². The molecule has 1 aliphatic heterocycles. The summed E-state index contributed by atoms with van der Waals surface area (Å²) in [5.74, 6) is 0.362. The van der Waals surface area contributed by atoms with Crippen LogP contribution in [-0.4, -0.2) is 53.9 Å². The third-order valence-corrected chi connectivity index (χ3v) is 3.17. The minimum atomic E-state index is -0.0262. The Kier molecular flexibility index (Phi) is 3.28. The number of likely N-dealkylation sites (N-methyl/N-ethyl adjacent to an activating group) is 1. The molecular weight excluding hydrogens is 216 g/mol. The molecule has 1 aromatic rings. The summed E-state index contributed by atoms with van der Waals surface area (Å²) in [7, 11) is 4.08. The Labute approximate surface area is 101 Å². The summed E-state index contributed by atoms with van der Waals surface area (Å²) in [5, 5.41) is 0. The molecule has 1 unspecified atom stereocenters. The van der Waals surface area contributed by atoms with Crippen molar-refractivity contribution in [2.45, 2.75) is 12.5 Å². The highest BCUT2D eigenvalue weighted by molar-refractivity contribution is 5.92. The Balaban J connectivity index is 2.07. The van der Waals surface area contributed by atoms with Gasteiger partial charge in [0.15, 0.2) is 0 Å². The lowest BCUT2D eigenvalue weighted by Gasteiger charge is -2.20. The van der Waals surface area contributed by atoms with Crippen molar-refractivity contribution >= 4 is 11.7 Å². The topological polar surface area (TPSA) is 62.5 Å². The maximum Gasteiger partial charge on any atom is 0.272 e. The van der Waals surface area contributed by atoms with Crippen LogP contribution in [0.5, 0.6) is 0 Å². The van der Waals surface area contributed by atoms with Crippen LogP contribution in [0.3, 0.4) is 0 Å². The average Bonchev–Trinajstić information content (AvgIpc) is 2.77. The number of hydrogen-bond acceptors (Lipinski definition) is 4. The predicted molar refractivity (Wildman–Crippen MR) is 66.6 cm³/mol. The van der Waals surface area contributed by atoms with Crippen LogP contribution >= 0.6 is 0 Å². The number of nitrogens with two attached hydrogens (primary N) is 1. The number of carbonyl (C=O) groups is 1. The molecule has 0 radical (unpaired) electrons. The maximum atomic E-state index is 12.2. The first-order valence-corrected chi connectivity index (χ1v) is 5.76. The number of carbonyl (C=O) groups excluding carboxylic acids is 1. The van der Waals surface area contributed by atoms with Crippen molar-refractivity contribution in [2.75, 3.05) is 32.9 Å². The summed E-state index contributed by atoms with van der Waals surface area (Å²) in [6, 6.07) is 5.60. The van der Waals surface area contributed by atoms with Crippen LogP contribution in [0.1, 0.15) is 16.9 Å². The highest BCUT2D eigenvalue weighted by Gasteiger charge is 2.28. The Morgan fingerprint density at radius 3 is 2.88 bits per heavy atom. The van der Waals surface area contributed by atoms with Gasteiger partial charge in [-0.2, -0.15) is 0 Å². The van der Waals surface area contributed by atoms with Crippen LogP contribution in [0.4, 0.5) is 5.82 Å². The number of anilines is 1. The molecule has 1 fully saturated rings. The zero-order valence-corrected chi connectivity index (χ0v) is 10.3. The maximum absolute atomic E-state index is 12.2. The van der Waals surface area contributed by atoms with Crippen molar-refractivity contribution < 1.29 is 4.79 Å². The van der Waals surface area contributed by atoms with Gasteiger partial charge < -0.3 is 15.5 Å². The molecule has 2 rings (SSSR count). The highest BCUT2D eigenvalue weighted by atomic mass is 16.2. The summed E-state index contributed by atoms with van der Waals surface area (Å²) in [4.78, 5) is 20.2. The SMILES string of the molecule is CN(C)C1CCN(C(=O)c2cccc(N)n2)C1. The molecule has 92 valence electrons. The molecule has 0 aliphatic carbocycles. The van der Waals surface area contributed by atoms with Gasteiger partial charge in [-0.1, -0.05) is 6.07 Å². The smallest absolute Gasteiger partial charge is 0.272 e. The Hall–Kier alpha value is -1.62. The molecule has 1 aliphatic rings. The van der Waals surface area contributed by atoms with Crippen LogP contribution in [0.15, 0.2) is 18.2 Å². The number of rotatable bonds is 2. The van der Waals surface area contributed by atoms with Gasteiger partial charge in [-0.05, 0) is 32.6 Å². The number of pyridine rings is 1. The van der Waals surface area contributed by atoms with Gasteiger partial charge >= 0.3 is 0 Å². The largest absolute Gasteiger partial charge is 0.384 e. The quantitative estimate of drug-likeness (QED) is 0.806. The molecule has 0 spiro atoms. The minimum absolute atomic E-state index is 0.0262. The van der Waals surface area contributed by atoms with Crippen LogP contribution in [0.25, 0.3) is 0 Å². The minimum Gasteiger partial charge on any atom is -0.384 e. The summed E-state index contributed by atoms with van der Waals surface area (Å²) >= 11 is 0. The van der Waals surface area contributed by atoms with Crippen molar-refractivity contribution in [3.63, 3.8) is 0 Å². The summed E-state index contributed by atoms with van der Waals surface area (Å²) in [6.07, 6.45) is 1.01. The van der Waals surface area contributed by atoms with Gasteiger partial charge in [0.05, 0.1) is 0 Å². The fourth-order valence-electron chi connectivity index (χ4n) is 2.08. The van der Waals surface area contributed by atoms with Gasteiger partial charge in [-0.25, -0.2) is 4.98 Å². The zero-order chi connectivity index (χ0) is 12.4. The van der Waals surface area contributed by atoms with E-state index in [9.17, 15) is 4.79 Å². The van der Waals surface area contributed by atoms with E-state index in [1.165, 1.54) is 0 Å². The van der Waals surface area contributed by atoms with E-state index in [0.29, 0.717) is 17.6 Å². The van der Waals surface area contributed by atoms with Gasteiger partial charge in [0.2, 0.25) is 0 Å². The lowest BCUT2D eigenvalue weighted by Crippen LogP contribution is -2.34. The first kappa shape index (κ1) is 11.9. The van der Waals surface area contributed by atoms with E-state index in [1.54, 1.807) is 18.2 Å². The first-order valence-electron chi connectivity index (χ1n) is 5.76. The number of nitrogens with zero attached hydrogens (tertiary/aromatic N) is 3.